The van der Waals surface area contributed by atoms with Crippen molar-refractivity contribution < 1.29 is 0 Å². The van der Waals surface area contributed by atoms with Crippen LogP contribution in [0.25, 0.3) is 0 Å². The van der Waals surface area contributed by atoms with Gasteiger partial charge >= 0.3 is 0 Å². The molecule has 0 nitrogen and oxygen atoms in total. The fourth-order valence-corrected chi connectivity index (χ4v) is 2.18. The Balaban J connectivity index is 2.08. The van der Waals surface area contributed by atoms with E-state index in [4.69, 9.17) is 0 Å². The number of hydrogen-bond donors (Lipinski definition) is 0. The van der Waals surface area contributed by atoms with Crippen LogP contribution in [-0.4, -0.2) is 0 Å². The molecule has 2 rings (SSSR count). The number of benzene rings is 1. The summed E-state index contributed by atoms with van der Waals surface area (Å²) in [6, 6.07) is 10.2. The fraction of sp³-hybridized carbons (Fsp3) is 0.294. The highest BCUT2D eigenvalue weighted by Gasteiger charge is 2.10. The third-order valence-corrected chi connectivity index (χ3v) is 3.07. The first-order valence-electron chi connectivity index (χ1n) is 6.27. The lowest BCUT2D eigenvalue weighted by Gasteiger charge is -2.16. The van der Waals surface area contributed by atoms with Gasteiger partial charge in [0, 0.05) is 5.56 Å². The van der Waals surface area contributed by atoms with Crippen LogP contribution in [0, 0.1) is 17.8 Å². The van der Waals surface area contributed by atoms with Crippen molar-refractivity contribution in [3.8, 4) is 11.8 Å². The van der Waals surface area contributed by atoms with Crippen molar-refractivity contribution in [1.82, 2.24) is 0 Å². The summed E-state index contributed by atoms with van der Waals surface area (Å²) in [4.78, 5) is 0. The van der Waals surface area contributed by atoms with Gasteiger partial charge in [0.2, 0.25) is 0 Å². The average molecular weight is 222 g/mol. The van der Waals surface area contributed by atoms with Gasteiger partial charge in [-0.1, -0.05) is 42.2 Å². The first-order valence-corrected chi connectivity index (χ1v) is 6.27. The van der Waals surface area contributed by atoms with E-state index in [9.17, 15) is 0 Å². The van der Waals surface area contributed by atoms with E-state index in [2.05, 4.69) is 36.6 Å². The maximum Gasteiger partial charge on any atom is 0.0248 e. The largest absolute Gasteiger partial charge is 0.103 e. The maximum atomic E-state index is 3.81. The van der Waals surface area contributed by atoms with Crippen LogP contribution >= 0.6 is 0 Å². The summed E-state index contributed by atoms with van der Waals surface area (Å²) in [5.41, 5.74) is 2.39. The van der Waals surface area contributed by atoms with Gasteiger partial charge in [-0.3, -0.25) is 0 Å². The summed E-state index contributed by atoms with van der Waals surface area (Å²) >= 11 is 0. The predicted octanol–water partition coefficient (Wildman–Crippen LogP) is 4.34. The van der Waals surface area contributed by atoms with Crippen molar-refractivity contribution in [2.45, 2.75) is 25.7 Å². The molecule has 0 aliphatic heterocycles. The first-order chi connectivity index (χ1) is 8.38. The molecule has 86 valence electrons. The monoisotopic (exact) mass is 222 g/mol. The van der Waals surface area contributed by atoms with E-state index in [-0.39, 0.29) is 0 Å². The molecule has 0 heterocycles. The topological polar surface area (TPSA) is 0 Å². The van der Waals surface area contributed by atoms with Crippen LogP contribution in [0.1, 0.15) is 31.2 Å². The fourth-order valence-electron chi connectivity index (χ4n) is 2.18. The van der Waals surface area contributed by atoms with Gasteiger partial charge in [-0.15, -0.1) is 6.58 Å². The van der Waals surface area contributed by atoms with Crippen molar-refractivity contribution >= 4 is 0 Å². The van der Waals surface area contributed by atoms with Crippen LogP contribution in [0.15, 0.2) is 54.6 Å². The molecule has 0 bridgehead atoms. The van der Waals surface area contributed by atoms with Crippen LogP contribution in [0.2, 0.25) is 0 Å². The second-order valence-corrected chi connectivity index (χ2v) is 4.48. The van der Waals surface area contributed by atoms with Crippen molar-refractivity contribution in [3.63, 3.8) is 0 Å². The second kappa shape index (κ2) is 6.11. The molecule has 1 atom stereocenters. The Kier molecular flexibility index (Phi) is 4.22. The van der Waals surface area contributed by atoms with Crippen LogP contribution in [0.4, 0.5) is 0 Å². The molecular formula is C17H18. The number of rotatable bonds is 2. The van der Waals surface area contributed by atoms with E-state index in [1.54, 1.807) is 0 Å². The maximum absolute atomic E-state index is 3.81. The Morgan fingerprint density at radius 3 is 2.82 bits per heavy atom. The highest BCUT2D eigenvalue weighted by atomic mass is 14.1. The summed E-state index contributed by atoms with van der Waals surface area (Å²) in [6.45, 7) is 3.81. The van der Waals surface area contributed by atoms with Gasteiger partial charge in [0.25, 0.3) is 0 Å². The molecule has 0 spiro atoms. The minimum atomic E-state index is 0.654. The van der Waals surface area contributed by atoms with Crippen molar-refractivity contribution in [2.24, 2.45) is 5.92 Å². The Labute approximate surface area is 104 Å². The molecule has 1 aliphatic rings. The van der Waals surface area contributed by atoms with E-state index >= 15 is 0 Å². The SMILES string of the molecule is C=CCC1C=C(C#Cc2ccccc2)CCC1. The van der Waals surface area contributed by atoms with Gasteiger partial charge < -0.3 is 0 Å². The molecule has 1 aliphatic carbocycles. The zero-order valence-electron chi connectivity index (χ0n) is 10.2. The quantitative estimate of drug-likeness (QED) is 0.516. The Morgan fingerprint density at radius 1 is 1.24 bits per heavy atom. The summed E-state index contributed by atoms with van der Waals surface area (Å²) in [6.07, 6.45) is 9.09. The van der Waals surface area contributed by atoms with Crippen LogP contribution < -0.4 is 0 Å². The summed E-state index contributed by atoms with van der Waals surface area (Å²) in [5, 5.41) is 0. The van der Waals surface area contributed by atoms with Gasteiger partial charge in [0.15, 0.2) is 0 Å². The normalized spacial score (nSPS) is 18.8. The van der Waals surface area contributed by atoms with Crippen LogP contribution in [0.3, 0.4) is 0 Å². The molecule has 17 heavy (non-hydrogen) atoms. The average Bonchev–Trinajstić information content (AvgIpc) is 2.39. The van der Waals surface area contributed by atoms with E-state index in [1.807, 2.05) is 24.3 Å². The van der Waals surface area contributed by atoms with Crippen molar-refractivity contribution in [1.29, 1.82) is 0 Å². The van der Waals surface area contributed by atoms with Crippen LogP contribution in [0.5, 0.6) is 0 Å². The minimum Gasteiger partial charge on any atom is -0.103 e. The smallest absolute Gasteiger partial charge is 0.0248 e. The molecule has 1 aromatic rings. The molecule has 0 saturated heterocycles. The Hall–Kier alpha value is -1.74. The standard InChI is InChI=1S/C17H18/c1-2-7-16-10-6-11-17(14-16)13-12-15-8-4-3-5-9-15/h2-5,8-9,14,16H,1,6-7,10-11H2. The minimum absolute atomic E-state index is 0.654. The Morgan fingerprint density at radius 2 is 2.06 bits per heavy atom. The van der Waals surface area contributed by atoms with Gasteiger partial charge in [-0.2, -0.15) is 0 Å². The van der Waals surface area contributed by atoms with E-state index in [0.29, 0.717) is 5.92 Å². The van der Waals surface area contributed by atoms with E-state index < -0.39 is 0 Å². The van der Waals surface area contributed by atoms with Gasteiger partial charge in [0.1, 0.15) is 0 Å². The summed E-state index contributed by atoms with van der Waals surface area (Å²) < 4.78 is 0. The highest BCUT2D eigenvalue weighted by molar-refractivity contribution is 5.41. The Bertz CT molecular complexity index is 454. The molecule has 0 heteroatoms. The predicted molar refractivity (Wildman–Crippen MR) is 73.6 cm³/mol. The second-order valence-electron chi connectivity index (χ2n) is 4.48. The highest BCUT2D eigenvalue weighted by Crippen LogP contribution is 2.25. The summed E-state index contributed by atoms with van der Waals surface area (Å²) in [5.74, 6) is 7.19. The zero-order valence-corrected chi connectivity index (χ0v) is 10.2. The van der Waals surface area contributed by atoms with Crippen LogP contribution in [-0.2, 0) is 0 Å². The first kappa shape index (κ1) is 11.7. The molecular weight excluding hydrogens is 204 g/mol. The van der Waals surface area contributed by atoms with Gasteiger partial charge in [-0.25, -0.2) is 0 Å². The molecule has 0 N–H and O–H groups in total. The summed E-state index contributed by atoms with van der Waals surface area (Å²) in [7, 11) is 0. The van der Waals surface area contributed by atoms with Gasteiger partial charge in [0.05, 0.1) is 0 Å². The molecule has 0 amide bonds. The van der Waals surface area contributed by atoms with E-state index in [0.717, 1.165) is 18.4 Å². The molecule has 1 aromatic carbocycles. The third-order valence-electron chi connectivity index (χ3n) is 3.07. The molecule has 1 unspecified atom stereocenters. The molecule has 0 radical (unpaired) electrons. The van der Waals surface area contributed by atoms with Gasteiger partial charge in [-0.05, 0) is 49.3 Å². The lowest BCUT2D eigenvalue weighted by Crippen LogP contribution is -2.02. The lowest BCUT2D eigenvalue weighted by atomic mass is 9.88. The van der Waals surface area contributed by atoms with E-state index in [1.165, 1.54) is 18.4 Å². The molecule has 0 fully saturated rings. The molecule has 0 saturated carbocycles. The van der Waals surface area contributed by atoms with Crippen molar-refractivity contribution in [3.05, 3.63) is 60.2 Å². The number of hydrogen-bond acceptors (Lipinski definition) is 0. The molecule has 0 aromatic heterocycles. The zero-order chi connectivity index (χ0) is 11.9. The lowest BCUT2D eigenvalue weighted by molar-refractivity contribution is 0.540. The third kappa shape index (κ3) is 3.64. The number of allylic oxidation sites excluding steroid dienone is 3. The van der Waals surface area contributed by atoms with Crippen molar-refractivity contribution in [2.75, 3.05) is 0 Å².